The lowest BCUT2D eigenvalue weighted by Gasteiger charge is -2.35. The summed E-state index contributed by atoms with van der Waals surface area (Å²) in [6.45, 7) is 0. The molecule has 0 unspecified atom stereocenters. The molecule has 2 N–H and O–H groups in total. The molecule has 0 spiro atoms. The molecule has 0 radical (unpaired) electrons. The Bertz CT molecular complexity index is 1330. The Hall–Kier alpha value is -3.70. The SMILES string of the molecule is OB(O)c1cccc([Si](c2ccccc2)(c2ccccc2)c2cccc(-c3ccccc3)c2)c1. The molecule has 4 heteroatoms. The highest BCUT2D eigenvalue weighted by atomic mass is 28.3. The molecular weight excluding hydrogens is 431 g/mol. The lowest BCUT2D eigenvalue weighted by atomic mass is 9.80. The third-order valence-corrected chi connectivity index (χ3v) is 11.2. The molecule has 0 atom stereocenters. The van der Waals surface area contributed by atoms with Crippen LogP contribution in [0.1, 0.15) is 0 Å². The lowest BCUT2D eigenvalue weighted by Crippen LogP contribution is -2.75. The van der Waals surface area contributed by atoms with Crippen LogP contribution in [0.3, 0.4) is 0 Å². The van der Waals surface area contributed by atoms with E-state index in [9.17, 15) is 10.0 Å². The maximum absolute atomic E-state index is 9.99. The van der Waals surface area contributed by atoms with Crippen molar-refractivity contribution in [2.45, 2.75) is 0 Å². The Kier molecular flexibility index (Phi) is 6.28. The van der Waals surface area contributed by atoms with Gasteiger partial charge in [-0.25, -0.2) is 0 Å². The van der Waals surface area contributed by atoms with Crippen molar-refractivity contribution in [2.24, 2.45) is 0 Å². The van der Waals surface area contributed by atoms with Gasteiger partial charge in [0.1, 0.15) is 0 Å². The highest BCUT2D eigenvalue weighted by Gasteiger charge is 2.41. The van der Waals surface area contributed by atoms with E-state index in [0.29, 0.717) is 5.46 Å². The standard InChI is InChI=1S/C30H25BO2Si/c32-31(33)26-15-11-21-30(23-26)34(27-16-6-2-7-17-27,28-18-8-3-9-19-28)29-20-10-14-25(22-29)24-12-4-1-5-13-24/h1-23,32-33H. The van der Waals surface area contributed by atoms with Crippen LogP contribution in [-0.4, -0.2) is 25.2 Å². The average molecular weight is 456 g/mol. The summed E-state index contributed by atoms with van der Waals surface area (Å²) in [5, 5.41) is 24.8. The van der Waals surface area contributed by atoms with Crippen molar-refractivity contribution in [1.29, 1.82) is 0 Å². The summed E-state index contributed by atoms with van der Waals surface area (Å²) >= 11 is 0. The predicted octanol–water partition coefficient (Wildman–Crippen LogP) is 2.41. The molecule has 0 aliphatic rings. The van der Waals surface area contributed by atoms with E-state index in [4.69, 9.17) is 0 Å². The number of hydrogen-bond acceptors (Lipinski definition) is 2. The molecule has 0 saturated carbocycles. The predicted molar refractivity (Wildman–Crippen MR) is 145 cm³/mol. The minimum absolute atomic E-state index is 0.500. The van der Waals surface area contributed by atoms with Gasteiger partial charge in [-0.05, 0) is 37.3 Å². The van der Waals surface area contributed by atoms with Crippen LogP contribution in [0.25, 0.3) is 11.1 Å². The van der Waals surface area contributed by atoms with Crippen LogP contribution in [0.15, 0.2) is 140 Å². The fraction of sp³-hybridized carbons (Fsp3) is 0. The maximum atomic E-state index is 9.99. The summed E-state index contributed by atoms with van der Waals surface area (Å²) in [6, 6.07) is 48.3. The molecular formula is C30H25BO2Si. The van der Waals surface area contributed by atoms with Crippen molar-refractivity contribution in [2.75, 3.05) is 0 Å². The summed E-state index contributed by atoms with van der Waals surface area (Å²) in [5.74, 6) is 0. The zero-order valence-corrected chi connectivity index (χ0v) is 19.8. The molecule has 0 heterocycles. The number of hydrogen-bond donors (Lipinski definition) is 2. The van der Waals surface area contributed by atoms with E-state index in [1.807, 2.05) is 30.3 Å². The van der Waals surface area contributed by atoms with Gasteiger partial charge < -0.3 is 10.0 Å². The maximum Gasteiger partial charge on any atom is 0.488 e. The van der Waals surface area contributed by atoms with Gasteiger partial charge in [0, 0.05) is 0 Å². The van der Waals surface area contributed by atoms with Gasteiger partial charge in [-0.15, -0.1) is 0 Å². The lowest BCUT2D eigenvalue weighted by molar-refractivity contribution is 0.426. The molecule has 0 bridgehead atoms. The first kappa shape index (κ1) is 22.1. The Morgan fingerprint density at radius 1 is 0.412 bits per heavy atom. The van der Waals surface area contributed by atoms with Gasteiger partial charge in [0.05, 0.1) is 0 Å². The smallest absolute Gasteiger partial charge is 0.423 e. The van der Waals surface area contributed by atoms with E-state index in [2.05, 4.69) is 103 Å². The highest BCUT2D eigenvalue weighted by Crippen LogP contribution is 2.19. The molecule has 2 nitrogen and oxygen atoms in total. The highest BCUT2D eigenvalue weighted by molar-refractivity contribution is 7.20. The molecule has 164 valence electrons. The third-order valence-electron chi connectivity index (χ3n) is 6.43. The summed E-state index contributed by atoms with van der Waals surface area (Å²) in [7, 11) is -4.28. The summed E-state index contributed by atoms with van der Waals surface area (Å²) in [6.07, 6.45) is 0. The fourth-order valence-electron chi connectivity index (χ4n) is 4.87. The fourth-order valence-corrected chi connectivity index (χ4v) is 9.70. The molecule has 0 saturated heterocycles. The molecule has 34 heavy (non-hydrogen) atoms. The zero-order chi connectivity index (χ0) is 23.4. The Morgan fingerprint density at radius 2 is 0.853 bits per heavy atom. The molecule has 0 aliphatic heterocycles. The second-order valence-corrected chi connectivity index (χ2v) is 12.2. The van der Waals surface area contributed by atoms with Crippen molar-refractivity contribution >= 4 is 41.4 Å². The second-order valence-electron chi connectivity index (χ2n) is 8.43. The van der Waals surface area contributed by atoms with E-state index in [0.717, 1.165) is 5.19 Å². The first-order valence-electron chi connectivity index (χ1n) is 11.4. The average Bonchev–Trinajstić information content (AvgIpc) is 2.91. The molecule has 0 aromatic heterocycles. The molecule has 0 amide bonds. The van der Waals surface area contributed by atoms with Crippen LogP contribution >= 0.6 is 0 Å². The Morgan fingerprint density at radius 3 is 1.41 bits per heavy atom. The first-order valence-corrected chi connectivity index (χ1v) is 13.4. The van der Waals surface area contributed by atoms with Gasteiger partial charge in [-0.2, -0.15) is 0 Å². The van der Waals surface area contributed by atoms with Crippen molar-refractivity contribution in [1.82, 2.24) is 0 Å². The molecule has 5 aromatic rings. The van der Waals surface area contributed by atoms with Crippen molar-refractivity contribution in [3.8, 4) is 11.1 Å². The summed E-state index contributed by atoms with van der Waals surface area (Å²) in [4.78, 5) is 0. The summed E-state index contributed by atoms with van der Waals surface area (Å²) < 4.78 is 0. The molecule has 5 aromatic carbocycles. The minimum Gasteiger partial charge on any atom is -0.423 e. The van der Waals surface area contributed by atoms with Crippen LogP contribution in [0.5, 0.6) is 0 Å². The normalized spacial score (nSPS) is 11.2. The minimum atomic E-state index is -2.76. The molecule has 5 rings (SSSR count). The van der Waals surface area contributed by atoms with Crippen LogP contribution in [0.4, 0.5) is 0 Å². The second kappa shape index (κ2) is 9.66. The topological polar surface area (TPSA) is 40.5 Å². The Labute approximate surface area is 202 Å². The molecule has 0 fully saturated rings. The van der Waals surface area contributed by atoms with Gasteiger partial charge in [-0.1, -0.05) is 140 Å². The monoisotopic (exact) mass is 456 g/mol. The van der Waals surface area contributed by atoms with Crippen LogP contribution in [-0.2, 0) is 0 Å². The van der Waals surface area contributed by atoms with Crippen LogP contribution in [0, 0.1) is 0 Å². The number of benzene rings is 5. The van der Waals surface area contributed by atoms with Crippen molar-refractivity contribution in [3.05, 3.63) is 140 Å². The molecule has 0 aliphatic carbocycles. The van der Waals surface area contributed by atoms with Crippen molar-refractivity contribution < 1.29 is 10.0 Å². The first-order chi connectivity index (χ1) is 16.7. The van der Waals surface area contributed by atoms with E-state index < -0.39 is 15.2 Å². The van der Waals surface area contributed by atoms with Crippen molar-refractivity contribution in [3.63, 3.8) is 0 Å². The van der Waals surface area contributed by atoms with E-state index in [1.54, 1.807) is 6.07 Å². The third kappa shape index (κ3) is 4.04. The van der Waals surface area contributed by atoms with Gasteiger partial charge in [0.25, 0.3) is 0 Å². The van der Waals surface area contributed by atoms with Gasteiger partial charge >= 0.3 is 7.12 Å². The van der Waals surface area contributed by atoms with Gasteiger partial charge in [0.2, 0.25) is 0 Å². The van der Waals surface area contributed by atoms with Crippen LogP contribution < -0.4 is 26.2 Å². The van der Waals surface area contributed by atoms with Crippen LogP contribution in [0.2, 0.25) is 0 Å². The summed E-state index contributed by atoms with van der Waals surface area (Å²) in [5.41, 5.74) is 2.84. The largest absolute Gasteiger partial charge is 0.488 e. The van der Waals surface area contributed by atoms with Gasteiger partial charge in [0.15, 0.2) is 8.07 Å². The van der Waals surface area contributed by atoms with E-state index >= 15 is 0 Å². The van der Waals surface area contributed by atoms with Gasteiger partial charge in [-0.3, -0.25) is 0 Å². The Balaban J connectivity index is 1.87. The zero-order valence-electron chi connectivity index (χ0n) is 18.8. The van der Waals surface area contributed by atoms with E-state index in [-0.39, 0.29) is 0 Å². The quantitative estimate of drug-likeness (QED) is 0.305. The van der Waals surface area contributed by atoms with E-state index in [1.165, 1.54) is 26.7 Å². The number of rotatable bonds is 6.